The van der Waals surface area contributed by atoms with E-state index in [1.54, 1.807) is 21.9 Å². The number of quaternary nitrogens is 2. The highest BCUT2D eigenvalue weighted by Crippen LogP contribution is 2.10. The molecular weight excluding hydrogens is 301 g/mol. The Labute approximate surface area is 142 Å². The summed E-state index contributed by atoms with van der Waals surface area (Å²) in [5, 5.41) is 8.86. The molecule has 1 saturated heterocycles. The summed E-state index contributed by atoms with van der Waals surface area (Å²) >= 11 is 0. The molecule has 0 aliphatic carbocycles. The number of halogens is 1. The Hall–Kier alpha value is -2.22. The Balaban J connectivity index is 1.53. The Kier molecular flexibility index (Phi) is 5.24. The van der Waals surface area contributed by atoms with Crippen LogP contribution in [0.15, 0.2) is 48.5 Å². The van der Waals surface area contributed by atoms with E-state index in [2.05, 4.69) is 25.1 Å². The van der Waals surface area contributed by atoms with Crippen molar-refractivity contribution < 1.29 is 14.2 Å². The zero-order chi connectivity index (χ0) is 16.9. The summed E-state index contributed by atoms with van der Waals surface area (Å²) < 4.78 is 13.1. The Morgan fingerprint density at radius 2 is 1.62 bits per heavy atom. The summed E-state index contributed by atoms with van der Waals surface area (Å²) in [6, 6.07) is 17.4. The molecule has 0 amide bonds. The van der Waals surface area contributed by atoms with Crippen LogP contribution < -0.4 is 9.80 Å². The first-order valence-corrected chi connectivity index (χ1v) is 8.58. The van der Waals surface area contributed by atoms with E-state index >= 15 is 0 Å². The van der Waals surface area contributed by atoms with Crippen LogP contribution in [-0.2, 0) is 6.54 Å². The van der Waals surface area contributed by atoms with Gasteiger partial charge in [0.1, 0.15) is 44.6 Å². The van der Waals surface area contributed by atoms with Gasteiger partial charge in [-0.05, 0) is 31.2 Å². The summed E-state index contributed by atoms with van der Waals surface area (Å²) in [4.78, 5) is 3.17. The smallest absolute Gasteiger partial charge is 0.127 e. The SMILES string of the molecule is C[C@@H](c1ccc(F)cc1)[NH+]1CC[NH+](Cc2ccc(C#N)cc2)CC1. The molecule has 3 rings (SSSR count). The van der Waals surface area contributed by atoms with E-state index in [4.69, 9.17) is 5.26 Å². The average Bonchev–Trinajstić information content (AvgIpc) is 2.63. The molecule has 3 nitrogen and oxygen atoms in total. The lowest BCUT2D eigenvalue weighted by Gasteiger charge is -2.33. The molecule has 24 heavy (non-hydrogen) atoms. The van der Waals surface area contributed by atoms with Gasteiger partial charge in [-0.2, -0.15) is 5.26 Å². The number of nitriles is 1. The molecule has 2 N–H and O–H groups in total. The molecule has 0 bridgehead atoms. The number of benzene rings is 2. The largest absolute Gasteiger partial charge is 0.322 e. The van der Waals surface area contributed by atoms with Crippen LogP contribution in [0.2, 0.25) is 0 Å². The predicted molar refractivity (Wildman–Crippen MR) is 91.1 cm³/mol. The summed E-state index contributed by atoms with van der Waals surface area (Å²) in [7, 11) is 0. The van der Waals surface area contributed by atoms with Gasteiger partial charge in [0.05, 0.1) is 11.6 Å². The van der Waals surface area contributed by atoms with Crippen LogP contribution in [0.25, 0.3) is 0 Å². The third-order valence-corrected chi connectivity index (χ3v) is 5.12. The lowest BCUT2D eigenvalue weighted by Crippen LogP contribution is -3.27. The molecule has 0 spiro atoms. The number of rotatable bonds is 4. The third kappa shape index (κ3) is 4.00. The highest BCUT2D eigenvalue weighted by Gasteiger charge is 2.27. The number of nitrogens with zero attached hydrogens (tertiary/aromatic N) is 1. The minimum absolute atomic E-state index is 0.169. The second-order valence-corrected chi connectivity index (χ2v) is 6.67. The van der Waals surface area contributed by atoms with E-state index in [0.29, 0.717) is 6.04 Å². The standard InChI is InChI=1S/C20H22FN3/c1-16(19-6-8-20(21)9-7-19)24-12-10-23(11-13-24)15-18-4-2-17(14-22)3-5-18/h2-9,16H,10-13,15H2,1H3/p+2/t16-/m0/s1. The normalized spacial score (nSPS) is 21.9. The summed E-state index contributed by atoms with van der Waals surface area (Å²) in [5.74, 6) is -0.169. The molecule has 0 aromatic heterocycles. The second kappa shape index (κ2) is 7.57. The molecule has 0 radical (unpaired) electrons. The fraction of sp³-hybridized carbons (Fsp3) is 0.350. The van der Waals surface area contributed by atoms with E-state index in [-0.39, 0.29) is 5.82 Å². The maximum absolute atomic E-state index is 13.1. The first-order chi connectivity index (χ1) is 11.7. The molecule has 124 valence electrons. The fourth-order valence-corrected chi connectivity index (χ4v) is 3.51. The lowest BCUT2D eigenvalue weighted by atomic mass is 10.1. The monoisotopic (exact) mass is 325 g/mol. The topological polar surface area (TPSA) is 32.7 Å². The van der Waals surface area contributed by atoms with E-state index < -0.39 is 0 Å². The van der Waals surface area contributed by atoms with Crippen molar-refractivity contribution in [3.05, 3.63) is 71.0 Å². The van der Waals surface area contributed by atoms with Gasteiger partial charge in [0.15, 0.2) is 0 Å². The van der Waals surface area contributed by atoms with Crippen molar-refractivity contribution in [3.63, 3.8) is 0 Å². The van der Waals surface area contributed by atoms with Crippen molar-refractivity contribution in [2.24, 2.45) is 0 Å². The number of hydrogen-bond acceptors (Lipinski definition) is 1. The van der Waals surface area contributed by atoms with Crippen LogP contribution in [-0.4, -0.2) is 26.2 Å². The Morgan fingerprint density at radius 1 is 1.00 bits per heavy atom. The van der Waals surface area contributed by atoms with Crippen molar-refractivity contribution in [2.75, 3.05) is 26.2 Å². The van der Waals surface area contributed by atoms with E-state index in [1.165, 1.54) is 11.1 Å². The van der Waals surface area contributed by atoms with E-state index in [1.807, 2.05) is 24.3 Å². The van der Waals surface area contributed by atoms with E-state index in [9.17, 15) is 4.39 Å². The van der Waals surface area contributed by atoms with E-state index in [0.717, 1.165) is 38.3 Å². The predicted octanol–water partition coefficient (Wildman–Crippen LogP) is 0.742. The first kappa shape index (κ1) is 16.6. The zero-order valence-electron chi connectivity index (χ0n) is 14.1. The molecule has 1 atom stereocenters. The minimum Gasteiger partial charge on any atom is -0.322 e. The third-order valence-electron chi connectivity index (χ3n) is 5.12. The summed E-state index contributed by atoms with van der Waals surface area (Å²) in [6.45, 7) is 7.79. The van der Waals surface area contributed by atoms with Gasteiger partial charge >= 0.3 is 0 Å². The van der Waals surface area contributed by atoms with Crippen LogP contribution in [0.5, 0.6) is 0 Å². The molecule has 1 fully saturated rings. The quantitative estimate of drug-likeness (QED) is 0.854. The molecule has 1 aliphatic heterocycles. The molecule has 1 aliphatic rings. The molecule has 0 unspecified atom stereocenters. The van der Waals surface area contributed by atoms with Gasteiger partial charge in [0.2, 0.25) is 0 Å². The van der Waals surface area contributed by atoms with Gasteiger partial charge in [0.25, 0.3) is 0 Å². The average molecular weight is 325 g/mol. The van der Waals surface area contributed by atoms with Crippen LogP contribution in [0.4, 0.5) is 4.39 Å². The Morgan fingerprint density at radius 3 is 2.21 bits per heavy atom. The van der Waals surface area contributed by atoms with Gasteiger partial charge in [-0.25, -0.2) is 4.39 Å². The maximum Gasteiger partial charge on any atom is 0.127 e. The molecule has 2 aromatic rings. The number of piperazine rings is 1. The van der Waals surface area contributed by atoms with Gasteiger partial charge in [-0.1, -0.05) is 24.3 Å². The maximum atomic E-state index is 13.1. The van der Waals surface area contributed by atoms with Crippen molar-refractivity contribution in [3.8, 4) is 6.07 Å². The zero-order valence-corrected chi connectivity index (χ0v) is 14.1. The highest BCUT2D eigenvalue weighted by molar-refractivity contribution is 5.31. The van der Waals surface area contributed by atoms with Crippen LogP contribution >= 0.6 is 0 Å². The van der Waals surface area contributed by atoms with Crippen molar-refractivity contribution in [1.82, 2.24) is 0 Å². The summed E-state index contributed by atoms with van der Waals surface area (Å²) in [6.07, 6.45) is 0. The summed E-state index contributed by atoms with van der Waals surface area (Å²) in [5.41, 5.74) is 3.22. The van der Waals surface area contributed by atoms with Crippen LogP contribution in [0, 0.1) is 17.1 Å². The number of hydrogen-bond donors (Lipinski definition) is 2. The van der Waals surface area contributed by atoms with Crippen LogP contribution in [0.1, 0.15) is 29.7 Å². The molecular formula is C20H24FN3+2. The fourth-order valence-electron chi connectivity index (χ4n) is 3.51. The first-order valence-electron chi connectivity index (χ1n) is 8.58. The minimum atomic E-state index is -0.169. The van der Waals surface area contributed by atoms with Crippen molar-refractivity contribution in [2.45, 2.75) is 19.5 Å². The molecule has 1 heterocycles. The van der Waals surface area contributed by atoms with Crippen molar-refractivity contribution in [1.29, 1.82) is 5.26 Å². The second-order valence-electron chi connectivity index (χ2n) is 6.67. The highest BCUT2D eigenvalue weighted by atomic mass is 19.1. The van der Waals surface area contributed by atoms with Gasteiger partial charge < -0.3 is 9.80 Å². The molecule has 0 saturated carbocycles. The number of nitrogens with one attached hydrogen (secondary N) is 2. The van der Waals surface area contributed by atoms with Gasteiger partial charge in [-0.15, -0.1) is 0 Å². The van der Waals surface area contributed by atoms with Gasteiger partial charge in [0, 0.05) is 11.1 Å². The van der Waals surface area contributed by atoms with Crippen LogP contribution in [0.3, 0.4) is 0 Å². The van der Waals surface area contributed by atoms with Crippen molar-refractivity contribution >= 4 is 0 Å². The Bertz CT molecular complexity index is 695. The lowest BCUT2D eigenvalue weighted by molar-refractivity contribution is -1.03. The molecule has 2 aromatic carbocycles. The molecule has 4 heteroatoms. The van der Waals surface area contributed by atoms with Gasteiger partial charge in [-0.3, -0.25) is 0 Å².